The van der Waals surface area contributed by atoms with E-state index in [0.717, 1.165) is 21.7 Å². The number of esters is 1. The molecule has 0 saturated carbocycles. The number of halogens is 1. The van der Waals surface area contributed by atoms with Crippen LogP contribution in [0.2, 0.25) is 0 Å². The number of carbonyl (C=O) groups is 1. The Morgan fingerprint density at radius 1 is 1.41 bits per heavy atom. The maximum atomic E-state index is 10.8. The maximum absolute atomic E-state index is 10.8. The summed E-state index contributed by atoms with van der Waals surface area (Å²) < 4.78 is 11.1. The van der Waals surface area contributed by atoms with Gasteiger partial charge in [-0.05, 0) is 18.2 Å². The Bertz CT molecular complexity index is 357. The fourth-order valence-electron chi connectivity index (χ4n) is 1.13. The van der Waals surface area contributed by atoms with Crippen LogP contribution in [0.1, 0.15) is 6.42 Å². The highest BCUT2D eigenvalue weighted by molar-refractivity contribution is 9.10. The normalized spacial score (nSPS) is 10.0. The second kappa shape index (κ2) is 8.42. The molecular formula is C12H15BrO3S. The molecule has 0 atom stereocenters. The van der Waals surface area contributed by atoms with E-state index in [0.29, 0.717) is 13.0 Å². The molecule has 5 heteroatoms. The Kier molecular flexibility index (Phi) is 7.12. The van der Waals surface area contributed by atoms with Gasteiger partial charge in [-0.25, -0.2) is 0 Å². The SMILES string of the molecule is COC(=O)CCSCCOc1cccc(Br)c1. The molecule has 0 fully saturated rings. The molecule has 0 spiro atoms. The summed E-state index contributed by atoms with van der Waals surface area (Å²) in [5, 5.41) is 0. The van der Waals surface area contributed by atoms with Crippen molar-refractivity contribution in [2.45, 2.75) is 6.42 Å². The second-order valence-electron chi connectivity index (χ2n) is 3.24. The third-order valence-corrected chi connectivity index (χ3v) is 3.41. The molecule has 0 bridgehead atoms. The minimum Gasteiger partial charge on any atom is -0.493 e. The van der Waals surface area contributed by atoms with E-state index in [1.54, 1.807) is 11.8 Å². The number of methoxy groups -OCH3 is 1. The van der Waals surface area contributed by atoms with Gasteiger partial charge >= 0.3 is 5.97 Å². The van der Waals surface area contributed by atoms with Gasteiger partial charge < -0.3 is 9.47 Å². The smallest absolute Gasteiger partial charge is 0.306 e. The molecule has 94 valence electrons. The zero-order chi connectivity index (χ0) is 12.5. The molecule has 0 radical (unpaired) electrons. The predicted octanol–water partition coefficient (Wildman–Crippen LogP) is 3.12. The van der Waals surface area contributed by atoms with Crippen LogP contribution in [0.15, 0.2) is 28.7 Å². The standard InChI is InChI=1S/C12H15BrO3S/c1-15-12(14)5-7-17-8-6-16-11-4-2-3-10(13)9-11/h2-4,9H,5-8H2,1H3. The summed E-state index contributed by atoms with van der Waals surface area (Å²) >= 11 is 5.07. The maximum Gasteiger partial charge on any atom is 0.306 e. The minimum atomic E-state index is -0.162. The molecule has 1 rings (SSSR count). The summed E-state index contributed by atoms with van der Waals surface area (Å²) in [6.45, 7) is 0.641. The highest BCUT2D eigenvalue weighted by Gasteiger charge is 1.99. The highest BCUT2D eigenvalue weighted by atomic mass is 79.9. The van der Waals surface area contributed by atoms with Gasteiger partial charge in [0.25, 0.3) is 0 Å². The van der Waals surface area contributed by atoms with Gasteiger partial charge in [-0.1, -0.05) is 22.0 Å². The van der Waals surface area contributed by atoms with Crippen LogP contribution < -0.4 is 4.74 Å². The molecule has 3 nitrogen and oxygen atoms in total. The van der Waals surface area contributed by atoms with Crippen molar-refractivity contribution < 1.29 is 14.3 Å². The van der Waals surface area contributed by atoms with Crippen LogP contribution >= 0.6 is 27.7 Å². The molecule has 17 heavy (non-hydrogen) atoms. The fraction of sp³-hybridized carbons (Fsp3) is 0.417. The van der Waals surface area contributed by atoms with Crippen LogP contribution in [0.4, 0.5) is 0 Å². The molecule has 0 aliphatic carbocycles. The average Bonchev–Trinajstić information content (AvgIpc) is 2.33. The number of ether oxygens (including phenoxy) is 2. The van der Waals surface area contributed by atoms with Crippen molar-refractivity contribution in [3.05, 3.63) is 28.7 Å². The van der Waals surface area contributed by atoms with Crippen LogP contribution in [-0.4, -0.2) is 31.2 Å². The summed E-state index contributed by atoms with van der Waals surface area (Å²) in [7, 11) is 1.41. The first-order chi connectivity index (χ1) is 8.22. The molecular weight excluding hydrogens is 304 g/mol. The first-order valence-corrected chi connectivity index (χ1v) is 7.20. The van der Waals surface area contributed by atoms with Gasteiger partial charge in [0, 0.05) is 16.0 Å². The van der Waals surface area contributed by atoms with E-state index in [1.807, 2.05) is 24.3 Å². The van der Waals surface area contributed by atoms with E-state index in [2.05, 4.69) is 20.7 Å². The van der Waals surface area contributed by atoms with Gasteiger partial charge in [-0.2, -0.15) is 11.8 Å². The lowest BCUT2D eigenvalue weighted by atomic mass is 10.3. The van der Waals surface area contributed by atoms with E-state index in [1.165, 1.54) is 7.11 Å². The van der Waals surface area contributed by atoms with Crippen molar-refractivity contribution in [1.29, 1.82) is 0 Å². The van der Waals surface area contributed by atoms with Crippen LogP contribution in [-0.2, 0) is 9.53 Å². The Morgan fingerprint density at radius 2 is 2.24 bits per heavy atom. The van der Waals surface area contributed by atoms with Crippen molar-refractivity contribution in [3.63, 3.8) is 0 Å². The fourth-order valence-corrected chi connectivity index (χ4v) is 2.23. The van der Waals surface area contributed by atoms with Crippen molar-refractivity contribution >= 4 is 33.7 Å². The molecule has 1 aromatic rings. The molecule has 0 unspecified atom stereocenters. The third kappa shape index (κ3) is 6.58. The molecule has 0 heterocycles. The zero-order valence-corrected chi connectivity index (χ0v) is 12.1. The molecule has 1 aromatic carbocycles. The van der Waals surface area contributed by atoms with E-state index < -0.39 is 0 Å². The largest absolute Gasteiger partial charge is 0.493 e. The van der Waals surface area contributed by atoms with Crippen LogP contribution in [0.3, 0.4) is 0 Å². The lowest BCUT2D eigenvalue weighted by molar-refractivity contribution is -0.140. The summed E-state index contributed by atoms with van der Waals surface area (Å²) in [5.41, 5.74) is 0. The molecule has 0 saturated heterocycles. The van der Waals surface area contributed by atoms with Crippen LogP contribution in [0, 0.1) is 0 Å². The first-order valence-electron chi connectivity index (χ1n) is 5.25. The summed E-state index contributed by atoms with van der Waals surface area (Å²) in [6.07, 6.45) is 0.456. The lowest BCUT2D eigenvalue weighted by Gasteiger charge is -2.06. The molecule has 0 amide bonds. The zero-order valence-electron chi connectivity index (χ0n) is 9.65. The van der Waals surface area contributed by atoms with Gasteiger partial charge in [-0.15, -0.1) is 0 Å². The number of hydrogen-bond donors (Lipinski definition) is 0. The molecule has 0 aliphatic heterocycles. The number of hydrogen-bond acceptors (Lipinski definition) is 4. The lowest BCUT2D eigenvalue weighted by Crippen LogP contribution is -2.04. The summed E-state index contributed by atoms with van der Waals surface area (Å²) in [6, 6.07) is 7.74. The average molecular weight is 319 g/mol. The first kappa shape index (κ1) is 14.4. The Morgan fingerprint density at radius 3 is 2.94 bits per heavy atom. The van der Waals surface area contributed by atoms with Gasteiger partial charge in [0.05, 0.1) is 20.1 Å². The van der Waals surface area contributed by atoms with Crippen molar-refractivity contribution in [2.75, 3.05) is 25.2 Å². The van der Waals surface area contributed by atoms with E-state index in [-0.39, 0.29) is 5.97 Å². The summed E-state index contributed by atoms with van der Waals surface area (Å²) in [4.78, 5) is 10.8. The number of benzene rings is 1. The van der Waals surface area contributed by atoms with Crippen molar-refractivity contribution in [1.82, 2.24) is 0 Å². The monoisotopic (exact) mass is 318 g/mol. The Labute approximate surface area is 114 Å². The van der Waals surface area contributed by atoms with Crippen LogP contribution in [0.5, 0.6) is 5.75 Å². The quantitative estimate of drug-likeness (QED) is 0.571. The van der Waals surface area contributed by atoms with E-state index in [4.69, 9.17) is 4.74 Å². The van der Waals surface area contributed by atoms with E-state index in [9.17, 15) is 4.79 Å². The third-order valence-electron chi connectivity index (χ3n) is 1.97. The van der Waals surface area contributed by atoms with Crippen LogP contribution in [0.25, 0.3) is 0 Å². The van der Waals surface area contributed by atoms with E-state index >= 15 is 0 Å². The number of rotatable bonds is 7. The molecule has 0 N–H and O–H groups in total. The van der Waals surface area contributed by atoms with Gasteiger partial charge in [-0.3, -0.25) is 4.79 Å². The van der Waals surface area contributed by atoms with Gasteiger partial charge in [0.1, 0.15) is 5.75 Å². The second-order valence-corrected chi connectivity index (χ2v) is 5.38. The predicted molar refractivity (Wildman–Crippen MR) is 73.6 cm³/mol. The summed E-state index contributed by atoms with van der Waals surface area (Å²) in [5.74, 6) is 2.33. The highest BCUT2D eigenvalue weighted by Crippen LogP contribution is 2.17. The number of carbonyl (C=O) groups excluding carboxylic acids is 1. The molecule has 0 aliphatic rings. The minimum absolute atomic E-state index is 0.162. The molecule has 0 aromatic heterocycles. The van der Waals surface area contributed by atoms with Gasteiger partial charge in [0.2, 0.25) is 0 Å². The van der Waals surface area contributed by atoms with Crippen molar-refractivity contribution in [2.24, 2.45) is 0 Å². The Hall–Kier alpha value is -0.680. The Balaban J connectivity index is 2.06. The van der Waals surface area contributed by atoms with Gasteiger partial charge in [0.15, 0.2) is 0 Å². The van der Waals surface area contributed by atoms with Crippen molar-refractivity contribution in [3.8, 4) is 5.75 Å². The number of thioether (sulfide) groups is 1. The topological polar surface area (TPSA) is 35.5 Å².